The zero-order valence-corrected chi connectivity index (χ0v) is 11.5. The summed E-state index contributed by atoms with van der Waals surface area (Å²) in [5.41, 5.74) is -0.470. The number of aliphatic hydroxyl groups excluding tert-OH is 1. The molecule has 0 aromatic heterocycles. The van der Waals surface area contributed by atoms with Gasteiger partial charge >= 0.3 is 5.97 Å². The van der Waals surface area contributed by atoms with E-state index in [2.05, 4.69) is 0 Å². The fourth-order valence-corrected chi connectivity index (χ4v) is 2.61. The predicted molar refractivity (Wildman–Crippen MR) is 74.2 cm³/mol. The number of aliphatic hydroxyl groups is 1. The minimum atomic E-state index is -1.24. The molecule has 1 heterocycles. The van der Waals surface area contributed by atoms with Gasteiger partial charge in [0.2, 0.25) is 5.91 Å². The van der Waals surface area contributed by atoms with Crippen LogP contribution >= 0.6 is 0 Å². The van der Waals surface area contributed by atoms with Gasteiger partial charge in [-0.15, -0.1) is 0 Å². The van der Waals surface area contributed by atoms with E-state index in [1.54, 1.807) is 11.8 Å². The zero-order chi connectivity index (χ0) is 14.6. The third kappa shape index (κ3) is 2.41. The van der Waals surface area contributed by atoms with Gasteiger partial charge in [0, 0.05) is 18.8 Å². The van der Waals surface area contributed by atoms with Crippen molar-refractivity contribution >= 4 is 17.6 Å². The lowest BCUT2D eigenvalue weighted by Gasteiger charge is -2.25. The molecular formula is C15H19NO4. The van der Waals surface area contributed by atoms with E-state index < -0.39 is 11.4 Å². The first-order chi connectivity index (χ1) is 9.65. The molecule has 1 N–H and O–H groups in total. The van der Waals surface area contributed by atoms with Crippen LogP contribution in [0.3, 0.4) is 0 Å². The van der Waals surface area contributed by atoms with E-state index >= 15 is 0 Å². The van der Waals surface area contributed by atoms with E-state index in [1.807, 2.05) is 30.3 Å². The van der Waals surface area contributed by atoms with Crippen LogP contribution in [0.25, 0.3) is 0 Å². The van der Waals surface area contributed by atoms with E-state index in [0.717, 1.165) is 5.69 Å². The van der Waals surface area contributed by atoms with E-state index in [0.29, 0.717) is 13.0 Å². The van der Waals surface area contributed by atoms with Crippen LogP contribution < -0.4 is 4.90 Å². The molecule has 20 heavy (non-hydrogen) atoms. The first-order valence-corrected chi connectivity index (χ1v) is 6.81. The first kappa shape index (κ1) is 14.5. The molecule has 5 nitrogen and oxygen atoms in total. The molecule has 0 saturated carbocycles. The van der Waals surface area contributed by atoms with Crippen molar-refractivity contribution in [1.29, 1.82) is 0 Å². The van der Waals surface area contributed by atoms with Gasteiger partial charge in [0.15, 0.2) is 5.41 Å². The van der Waals surface area contributed by atoms with Crippen molar-refractivity contribution in [1.82, 2.24) is 0 Å². The molecule has 1 atom stereocenters. The number of nitrogens with zero attached hydrogens (tertiary/aromatic N) is 1. The monoisotopic (exact) mass is 277 g/mol. The van der Waals surface area contributed by atoms with E-state index in [4.69, 9.17) is 4.74 Å². The van der Waals surface area contributed by atoms with Gasteiger partial charge in [0.05, 0.1) is 6.61 Å². The Morgan fingerprint density at radius 3 is 2.70 bits per heavy atom. The second-order valence-corrected chi connectivity index (χ2v) is 4.82. The largest absolute Gasteiger partial charge is 0.465 e. The Morgan fingerprint density at radius 2 is 2.10 bits per heavy atom. The molecule has 0 spiro atoms. The summed E-state index contributed by atoms with van der Waals surface area (Å²) in [7, 11) is 0. The summed E-state index contributed by atoms with van der Waals surface area (Å²) in [4.78, 5) is 26.4. The molecule has 1 unspecified atom stereocenters. The minimum Gasteiger partial charge on any atom is -0.465 e. The molecule has 1 saturated heterocycles. The smallest absolute Gasteiger partial charge is 0.321 e. The van der Waals surface area contributed by atoms with Crippen LogP contribution in [-0.4, -0.2) is 36.7 Å². The molecule has 1 aliphatic rings. The van der Waals surface area contributed by atoms with Gasteiger partial charge in [-0.05, 0) is 31.9 Å². The highest BCUT2D eigenvalue weighted by Gasteiger charge is 2.53. The van der Waals surface area contributed by atoms with E-state index in [9.17, 15) is 14.7 Å². The van der Waals surface area contributed by atoms with Crippen LogP contribution in [0, 0.1) is 5.41 Å². The SMILES string of the molecule is CCOC(=O)C1(CCO)CCN(c2ccccc2)C1=O. The number of anilines is 1. The third-order valence-electron chi connectivity index (χ3n) is 3.69. The second kappa shape index (κ2) is 6.05. The molecule has 108 valence electrons. The number of hydrogen-bond acceptors (Lipinski definition) is 4. The minimum absolute atomic E-state index is 0.105. The molecule has 1 fully saturated rings. The Labute approximate surface area is 118 Å². The second-order valence-electron chi connectivity index (χ2n) is 4.82. The summed E-state index contributed by atoms with van der Waals surface area (Å²) < 4.78 is 5.04. The third-order valence-corrected chi connectivity index (χ3v) is 3.69. The van der Waals surface area contributed by atoms with Crippen molar-refractivity contribution in [2.45, 2.75) is 19.8 Å². The summed E-state index contributed by atoms with van der Waals surface area (Å²) in [6, 6.07) is 9.23. The number of ether oxygens (including phenoxy) is 1. The quantitative estimate of drug-likeness (QED) is 0.652. The maximum absolute atomic E-state index is 12.6. The molecule has 1 aromatic carbocycles. The molecule has 0 bridgehead atoms. The molecule has 1 amide bonds. The van der Waals surface area contributed by atoms with Crippen molar-refractivity contribution in [2.75, 3.05) is 24.7 Å². The Kier molecular flexibility index (Phi) is 4.39. The summed E-state index contributed by atoms with van der Waals surface area (Å²) >= 11 is 0. The first-order valence-electron chi connectivity index (χ1n) is 6.81. The van der Waals surface area contributed by atoms with Crippen molar-refractivity contribution in [3.05, 3.63) is 30.3 Å². The number of amides is 1. The molecule has 2 rings (SSSR count). The fraction of sp³-hybridized carbons (Fsp3) is 0.467. The number of rotatable bonds is 5. The van der Waals surface area contributed by atoms with Gasteiger partial charge in [-0.25, -0.2) is 0 Å². The average molecular weight is 277 g/mol. The Morgan fingerprint density at radius 1 is 1.40 bits per heavy atom. The lowest BCUT2D eigenvalue weighted by molar-refractivity contribution is -0.159. The fourth-order valence-electron chi connectivity index (χ4n) is 2.61. The van der Waals surface area contributed by atoms with Crippen LogP contribution in [0.5, 0.6) is 0 Å². The van der Waals surface area contributed by atoms with Gasteiger partial charge in [0.1, 0.15) is 0 Å². The Balaban J connectivity index is 2.28. The summed E-state index contributed by atoms with van der Waals surface area (Å²) in [5, 5.41) is 9.21. The van der Waals surface area contributed by atoms with Gasteiger partial charge in [-0.1, -0.05) is 18.2 Å². The van der Waals surface area contributed by atoms with Crippen LogP contribution in [0.1, 0.15) is 19.8 Å². The molecule has 0 aliphatic carbocycles. The number of esters is 1. The highest BCUT2D eigenvalue weighted by atomic mass is 16.5. The summed E-state index contributed by atoms with van der Waals surface area (Å²) in [5.74, 6) is -0.811. The normalized spacial score (nSPS) is 22.1. The number of benzene rings is 1. The van der Waals surface area contributed by atoms with Gasteiger partial charge in [-0.2, -0.15) is 0 Å². The number of hydrogen-bond donors (Lipinski definition) is 1. The van der Waals surface area contributed by atoms with Crippen molar-refractivity contribution in [3.63, 3.8) is 0 Å². The average Bonchev–Trinajstić information content (AvgIpc) is 2.79. The van der Waals surface area contributed by atoms with Crippen molar-refractivity contribution < 1.29 is 19.4 Å². The summed E-state index contributed by atoms with van der Waals surface area (Å²) in [6.45, 7) is 2.18. The standard InChI is InChI=1S/C15H19NO4/c1-2-20-14(19)15(9-11-17)8-10-16(13(15)18)12-6-4-3-5-7-12/h3-7,17H,2,8-11H2,1H3. The van der Waals surface area contributed by atoms with Gasteiger partial charge in [0.25, 0.3) is 0 Å². The topological polar surface area (TPSA) is 66.8 Å². The zero-order valence-electron chi connectivity index (χ0n) is 11.5. The van der Waals surface area contributed by atoms with Crippen LogP contribution in [0.2, 0.25) is 0 Å². The van der Waals surface area contributed by atoms with Crippen LogP contribution in [0.15, 0.2) is 30.3 Å². The summed E-state index contributed by atoms with van der Waals surface area (Å²) in [6.07, 6.45) is 0.480. The van der Waals surface area contributed by atoms with Crippen molar-refractivity contribution in [2.24, 2.45) is 5.41 Å². The molecule has 0 radical (unpaired) electrons. The molecule has 5 heteroatoms. The highest BCUT2D eigenvalue weighted by molar-refractivity contribution is 6.12. The van der Waals surface area contributed by atoms with Crippen LogP contribution in [0.4, 0.5) is 5.69 Å². The number of para-hydroxylation sites is 1. The Hall–Kier alpha value is -1.88. The lowest BCUT2D eigenvalue weighted by atomic mass is 9.83. The maximum atomic E-state index is 12.6. The lowest BCUT2D eigenvalue weighted by Crippen LogP contribution is -2.42. The number of carbonyl (C=O) groups is 2. The molecule has 1 aliphatic heterocycles. The van der Waals surface area contributed by atoms with Crippen LogP contribution in [-0.2, 0) is 14.3 Å². The molecular weight excluding hydrogens is 258 g/mol. The van der Waals surface area contributed by atoms with E-state index in [1.165, 1.54) is 0 Å². The van der Waals surface area contributed by atoms with Gasteiger partial charge < -0.3 is 14.7 Å². The maximum Gasteiger partial charge on any atom is 0.321 e. The number of carbonyl (C=O) groups excluding carboxylic acids is 2. The Bertz CT molecular complexity index is 488. The predicted octanol–water partition coefficient (Wildman–Crippen LogP) is 1.36. The van der Waals surface area contributed by atoms with E-state index in [-0.39, 0.29) is 25.5 Å². The van der Waals surface area contributed by atoms with Gasteiger partial charge in [-0.3, -0.25) is 9.59 Å². The molecule has 1 aromatic rings. The van der Waals surface area contributed by atoms with Crippen molar-refractivity contribution in [3.8, 4) is 0 Å². The highest BCUT2D eigenvalue weighted by Crippen LogP contribution is 2.38.